The highest BCUT2D eigenvalue weighted by atomic mass is 16.5. The normalized spacial score (nSPS) is 11.0. The summed E-state index contributed by atoms with van der Waals surface area (Å²) in [7, 11) is 1.48. The summed E-state index contributed by atoms with van der Waals surface area (Å²) in [6, 6.07) is 14.6. The molecule has 0 unspecified atom stereocenters. The molecule has 0 aromatic heterocycles. The Hall–Kier alpha value is -3.01. The fourth-order valence-corrected chi connectivity index (χ4v) is 1.90. The molecule has 4 heteroatoms. The second-order valence-electron chi connectivity index (χ2n) is 4.71. The molecule has 0 amide bonds. The minimum absolute atomic E-state index is 0.0220. The first-order valence-corrected chi connectivity index (χ1v) is 7.12. The summed E-state index contributed by atoms with van der Waals surface area (Å²) in [5, 5.41) is 9.65. The van der Waals surface area contributed by atoms with Crippen molar-refractivity contribution in [2.75, 3.05) is 13.7 Å². The quantitative estimate of drug-likeness (QED) is 0.653. The SMILES string of the molecule is COc1ccc(/C=C/C(=O)OC/C=C/c2ccccc2)cc1O. The number of rotatable bonds is 6. The van der Waals surface area contributed by atoms with E-state index in [1.807, 2.05) is 36.4 Å². The van der Waals surface area contributed by atoms with Gasteiger partial charge in [-0.1, -0.05) is 42.5 Å². The van der Waals surface area contributed by atoms with Gasteiger partial charge in [-0.25, -0.2) is 4.79 Å². The number of aromatic hydroxyl groups is 1. The molecule has 2 rings (SSSR count). The lowest BCUT2D eigenvalue weighted by Crippen LogP contribution is -1.99. The Morgan fingerprint density at radius 1 is 1.09 bits per heavy atom. The zero-order valence-corrected chi connectivity index (χ0v) is 12.8. The Bertz CT molecular complexity index is 703. The van der Waals surface area contributed by atoms with Crippen LogP contribution < -0.4 is 4.74 Å². The van der Waals surface area contributed by atoms with Crippen LogP contribution in [0.5, 0.6) is 11.5 Å². The van der Waals surface area contributed by atoms with Crippen molar-refractivity contribution in [1.82, 2.24) is 0 Å². The summed E-state index contributed by atoms with van der Waals surface area (Å²) < 4.78 is 10.0. The highest BCUT2D eigenvalue weighted by Crippen LogP contribution is 2.26. The lowest BCUT2D eigenvalue weighted by Gasteiger charge is -2.03. The van der Waals surface area contributed by atoms with E-state index in [1.165, 1.54) is 19.3 Å². The smallest absolute Gasteiger partial charge is 0.331 e. The van der Waals surface area contributed by atoms with E-state index in [1.54, 1.807) is 24.3 Å². The van der Waals surface area contributed by atoms with Crippen LogP contribution in [0.4, 0.5) is 0 Å². The molecule has 23 heavy (non-hydrogen) atoms. The van der Waals surface area contributed by atoms with Crippen molar-refractivity contribution in [3.63, 3.8) is 0 Å². The maximum absolute atomic E-state index is 11.6. The highest BCUT2D eigenvalue weighted by molar-refractivity contribution is 5.87. The topological polar surface area (TPSA) is 55.8 Å². The summed E-state index contributed by atoms with van der Waals surface area (Å²) in [6.45, 7) is 0.200. The second-order valence-corrected chi connectivity index (χ2v) is 4.71. The number of hydrogen-bond acceptors (Lipinski definition) is 4. The van der Waals surface area contributed by atoms with Gasteiger partial charge in [0, 0.05) is 6.08 Å². The highest BCUT2D eigenvalue weighted by Gasteiger charge is 2.01. The van der Waals surface area contributed by atoms with Gasteiger partial charge < -0.3 is 14.6 Å². The number of phenolic OH excluding ortho intramolecular Hbond substituents is 1. The molecule has 0 radical (unpaired) electrons. The van der Waals surface area contributed by atoms with Crippen LogP contribution in [-0.4, -0.2) is 24.8 Å². The van der Waals surface area contributed by atoms with Gasteiger partial charge in [0.25, 0.3) is 0 Å². The van der Waals surface area contributed by atoms with Crippen molar-refractivity contribution in [3.8, 4) is 11.5 Å². The Morgan fingerprint density at radius 2 is 1.87 bits per heavy atom. The molecule has 0 saturated heterocycles. The van der Waals surface area contributed by atoms with E-state index in [9.17, 15) is 9.90 Å². The standard InChI is InChI=1S/C19H18O4/c1-22-18-11-9-16(14-17(18)20)10-12-19(21)23-13-5-8-15-6-3-2-4-7-15/h2-12,14,20H,13H2,1H3/b8-5+,12-10+. The number of phenols is 1. The lowest BCUT2D eigenvalue weighted by atomic mass is 10.2. The molecule has 0 aliphatic carbocycles. The molecule has 0 fully saturated rings. The minimum atomic E-state index is -0.446. The predicted molar refractivity (Wildman–Crippen MR) is 90.1 cm³/mol. The van der Waals surface area contributed by atoms with E-state index in [4.69, 9.17) is 9.47 Å². The van der Waals surface area contributed by atoms with Gasteiger partial charge in [-0.15, -0.1) is 0 Å². The van der Waals surface area contributed by atoms with Crippen LogP contribution in [0.1, 0.15) is 11.1 Å². The lowest BCUT2D eigenvalue weighted by molar-refractivity contribution is -0.136. The minimum Gasteiger partial charge on any atom is -0.504 e. The summed E-state index contributed by atoms with van der Waals surface area (Å²) in [5.74, 6) is -0.0393. The Balaban J connectivity index is 1.82. The Morgan fingerprint density at radius 3 is 2.57 bits per heavy atom. The maximum atomic E-state index is 11.6. The fraction of sp³-hybridized carbons (Fsp3) is 0.105. The van der Waals surface area contributed by atoms with Gasteiger partial charge in [0.05, 0.1) is 7.11 Å². The van der Waals surface area contributed by atoms with E-state index < -0.39 is 5.97 Å². The maximum Gasteiger partial charge on any atom is 0.331 e. The Labute approximate surface area is 135 Å². The number of carbonyl (C=O) groups is 1. The first-order valence-electron chi connectivity index (χ1n) is 7.12. The van der Waals surface area contributed by atoms with Crippen molar-refractivity contribution >= 4 is 18.1 Å². The number of ether oxygens (including phenoxy) is 2. The number of hydrogen-bond donors (Lipinski definition) is 1. The zero-order valence-electron chi connectivity index (χ0n) is 12.8. The van der Waals surface area contributed by atoms with Crippen molar-refractivity contribution < 1.29 is 19.4 Å². The average Bonchev–Trinajstić information content (AvgIpc) is 2.58. The van der Waals surface area contributed by atoms with E-state index in [2.05, 4.69) is 0 Å². The molecule has 118 valence electrons. The van der Waals surface area contributed by atoms with Gasteiger partial charge >= 0.3 is 5.97 Å². The molecular weight excluding hydrogens is 292 g/mol. The molecule has 0 bridgehead atoms. The molecule has 4 nitrogen and oxygen atoms in total. The van der Waals surface area contributed by atoms with E-state index in [0.29, 0.717) is 11.3 Å². The van der Waals surface area contributed by atoms with Gasteiger partial charge in [-0.05, 0) is 35.4 Å². The van der Waals surface area contributed by atoms with Crippen LogP contribution >= 0.6 is 0 Å². The largest absolute Gasteiger partial charge is 0.504 e. The molecule has 2 aromatic rings. The number of benzene rings is 2. The molecule has 0 spiro atoms. The number of esters is 1. The van der Waals surface area contributed by atoms with E-state index >= 15 is 0 Å². The van der Waals surface area contributed by atoms with Crippen molar-refractivity contribution in [2.24, 2.45) is 0 Å². The van der Waals surface area contributed by atoms with Gasteiger partial charge in [-0.3, -0.25) is 0 Å². The molecule has 0 atom stereocenters. The monoisotopic (exact) mass is 310 g/mol. The fourth-order valence-electron chi connectivity index (χ4n) is 1.90. The van der Waals surface area contributed by atoms with Gasteiger partial charge in [0.2, 0.25) is 0 Å². The molecular formula is C19H18O4. The first-order chi connectivity index (χ1) is 11.2. The summed E-state index contributed by atoms with van der Waals surface area (Å²) in [5.41, 5.74) is 1.73. The third kappa shape index (κ3) is 5.36. The van der Waals surface area contributed by atoms with E-state index in [0.717, 1.165) is 5.56 Å². The third-order valence-electron chi connectivity index (χ3n) is 3.05. The van der Waals surface area contributed by atoms with Crippen LogP contribution in [0.15, 0.2) is 60.7 Å². The Kier molecular flexibility index (Phi) is 6.00. The van der Waals surface area contributed by atoms with Crippen molar-refractivity contribution in [1.29, 1.82) is 0 Å². The molecule has 0 heterocycles. The van der Waals surface area contributed by atoms with E-state index in [-0.39, 0.29) is 12.4 Å². The number of carbonyl (C=O) groups excluding carboxylic acids is 1. The van der Waals surface area contributed by atoms with Crippen LogP contribution in [0.2, 0.25) is 0 Å². The second kappa shape index (κ2) is 8.44. The molecule has 0 saturated carbocycles. The zero-order chi connectivity index (χ0) is 16.5. The molecule has 0 aliphatic heterocycles. The van der Waals surface area contributed by atoms with Crippen LogP contribution in [0.25, 0.3) is 12.2 Å². The van der Waals surface area contributed by atoms with Crippen molar-refractivity contribution in [2.45, 2.75) is 0 Å². The van der Waals surface area contributed by atoms with Crippen molar-refractivity contribution in [3.05, 3.63) is 71.8 Å². The third-order valence-corrected chi connectivity index (χ3v) is 3.05. The van der Waals surface area contributed by atoms with Gasteiger partial charge in [-0.2, -0.15) is 0 Å². The summed E-state index contributed by atoms with van der Waals surface area (Å²) >= 11 is 0. The molecule has 1 N–H and O–H groups in total. The van der Waals surface area contributed by atoms with Gasteiger partial charge in [0.15, 0.2) is 11.5 Å². The van der Waals surface area contributed by atoms with Gasteiger partial charge in [0.1, 0.15) is 6.61 Å². The van der Waals surface area contributed by atoms with Crippen LogP contribution in [0.3, 0.4) is 0 Å². The van der Waals surface area contributed by atoms with Crippen LogP contribution in [-0.2, 0) is 9.53 Å². The summed E-state index contributed by atoms with van der Waals surface area (Å²) in [4.78, 5) is 11.6. The number of methoxy groups -OCH3 is 1. The first kappa shape index (κ1) is 16.4. The molecule has 0 aliphatic rings. The summed E-state index contributed by atoms with van der Waals surface area (Å²) in [6.07, 6.45) is 6.55. The van der Waals surface area contributed by atoms with Crippen LogP contribution in [0, 0.1) is 0 Å². The molecule has 2 aromatic carbocycles. The average molecular weight is 310 g/mol. The predicted octanol–water partition coefficient (Wildman–Crippen LogP) is 3.67.